The summed E-state index contributed by atoms with van der Waals surface area (Å²) < 4.78 is 33.3. The maximum Gasteiger partial charge on any atom is 0.261 e. The number of aromatic nitrogens is 1. The van der Waals surface area contributed by atoms with Crippen LogP contribution in [0.15, 0.2) is 114 Å². The Morgan fingerprint density at radius 1 is 0.816 bits per heavy atom. The van der Waals surface area contributed by atoms with Crippen molar-refractivity contribution in [2.24, 2.45) is 0 Å². The van der Waals surface area contributed by atoms with Crippen LogP contribution >= 0.6 is 11.3 Å². The molecule has 0 atom stereocenters. The molecule has 0 radical (unpaired) electrons. The second kappa shape index (κ2) is 10.9. The molecule has 0 fully saturated rings. The van der Waals surface area contributed by atoms with E-state index in [4.69, 9.17) is 9.72 Å². The number of thiazole rings is 1. The zero-order valence-electron chi connectivity index (χ0n) is 20.3. The lowest BCUT2D eigenvalue weighted by Gasteiger charge is -2.10. The van der Waals surface area contributed by atoms with E-state index < -0.39 is 15.9 Å². The molecule has 0 aliphatic rings. The first-order valence-corrected chi connectivity index (χ1v) is 13.9. The van der Waals surface area contributed by atoms with Crippen LogP contribution in [0.1, 0.15) is 10.4 Å². The number of benzene rings is 4. The second-order valence-electron chi connectivity index (χ2n) is 8.24. The SMILES string of the molecule is COc1ccc(S(=O)(=O)Nc2cccc(C(=O)Nc3nc(-c4ccccc4)c(-c4ccccc4)s3)c2)cc1. The molecule has 9 heteroatoms. The summed E-state index contributed by atoms with van der Waals surface area (Å²) in [7, 11) is -2.34. The van der Waals surface area contributed by atoms with Gasteiger partial charge in [-0.3, -0.25) is 14.8 Å². The standard InChI is InChI=1S/C29H23N3O4S2/c1-36-24-15-17-25(18-16-24)38(34,35)32-23-14-8-13-22(19-23)28(33)31-29-30-26(20-9-4-2-5-10-20)27(37-29)21-11-6-3-7-12-21/h2-19,32H,1H3,(H,30,31,33). The van der Waals surface area contributed by atoms with Crippen molar-refractivity contribution in [3.8, 4) is 27.4 Å². The minimum atomic E-state index is -3.85. The van der Waals surface area contributed by atoms with E-state index in [1.807, 2.05) is 60.7 Å². The maximum absolute atomic E-state index is 13.1. The molecule has 1 heterocycles. The highest BCUT2D eigenvalue weighted by Crippen LogP contribution is 2.39. The van der Waals surface area contributed by atoms with Crippen molar-refractivity contribution < 1.29 is 17.9 Å². The number of hydrogen-bond donors (Lipinski definition) is 2. The molecular weight excluding hydrogens is 518 g/mol. The lowest BCUT2D eigenvalue weighted by atomic mass is 10.1. The van der Waals surface area contributed by atoms with Gasteiger partial charge in [-0.05, 0) is 48.0 Å². The Hall–Kier alpha value is -4.47. The molecule has 5 rings (SSSR count). The van der Waals surface area contributed by atoms with Crippen molar-refractivity contribution in [1.82, 2.24) is 4.98 Å². The van der Waals surface area contributed by atoms with Crippen LogP contribution in [0.5, 0.6) is 5.75 Å². The Kier molecular flexibility index (Phi) is 7.21. The molecule has 0 bridgehead atoms. The van der Waals surface area contributed by atoms with Crippen LogP contribution in [0, 0.1) is 0 Å². The summed E-state index contributed by atoms with van der Waals surface area (Å²) >= 11 is 1.38. The summed E-state index contributed by atoms with van der Waals surface area (Å²) in [5.41, 5.74) is 3.27. The molecule has 2 N–H and O–H groups in total. The van der Waals surface area contributed by atoms with Gasteiger partial charge in [0.2, 0.25) is 0 Å². The fraction of sp³-hybridized carbons (Fsp3) is 0.0345. The third-order valence-electron chi connectivity index (χ3n) is 5.68. The summed E-state index contributed by atoms with van der Waals surface area (Å²) in [6.45, 7) is 0. The van der Waals surface area contributed by atoms with E-state index in [1.54, 1.807) is 30.3 Å². The van der Waals surface area contributed by atoms with Crippen LogP contribution in [0.4, 0.5) is 10.8 Å². The first-order chi connectivity index (χ1) is 18.4. The summed E-state index contributed by atoms with van der Waals surface area (Å²) in [6, 6.07) is 32.0. The Morgan fingerprint density at radius 3 is 2.13 bits per heavy atom. The molecule has 4 aromatic carbocycles. The third kappa shape index (κ3) is 5.59. The largest absolute Gasteiger partial charge is 0.497 e. The van der Waals surface area contributed by atoms with Gasteiger partial charge in [0.1, 0.15) is 5.75 Å². The van der Waals surface area contributed by atoms with Crippen molar-refractivity contribution in [3.63, 3.8) is 0 Å². The number of carbonyl (C=O) groups excluding carboxylic acids is 1. The monoisotopic (exact) mass is 541 g/mol. The number of nitrogens with zero attached hydrogens (tertiary/aromatic N) is 1. The van der Waals surface area contributed by atoms with Gasteiger partial charge in [-0.25, -0.2) is 13.4 Å². The molecule has 0 spiro atoms. The average molecular weight is 542 g/mol. The van der Waals surface area contributed by atoms with Crippen molar-refractivity contribution in [2.75, 3.05) is 17.1 Å². The predicted molar refractivity (Wildman–Crippen MR) is 151 cm³/mol. The number of rotatable bonds is 8. The number of nitrogens with one attached hydrogen (secondary N) is 2. The zero-order valence-corrected chi connectivity index (χ0v) is 21.9. The van der Waals surface area contributed by atoms with Crippen molar-refractivity contribution in [3.05, 3.63) is 115 Å². The smallest absolute Gasteiger partial charge is 0.261 e. The number of sulfonamides is 1. The Balaban J connectivity index is 1.39. The maximum atomic E-state index is 13.1. The molecule has 0 aliphatic heterocycles. The third-order valence-corrected chi connectivity index (χ3v) is 8.09. The van der Waals surface area contributed by atoms with E-state index in [1.165, 1.54) is 36.6 Å². The number of ether oxygens (including phenoxy) is 1. The van der Waals surface area contributed by atoms with Crippen LogP contribution in [-0.4, -0.2) is 26.4 Å². The first-order valence-electron chi connectivity index (χ1n) is 11.6. The Labute approximate surface area is 224 Å². The number of carbonyl (C=O) groups is 1. The lowest BCUT2D eigenvalue weighted by Crippen LogP contribution is -2.15. The van der Waals surface area contributed by atoms with Gasteiger partial charge in [-0.15, -0.1) is 0 Å². The van der Waals surface area contributed by atoms with Gasteiger partial charge in [0.15, 0.2) is 5.13 Å². The molecule has 38 heavy (non-hydrogen) atoms. The van der Waals surface area contributed by atoms with Crippen molar-refractivity contribution in [1.29, 1.82) is 0 Å². The van der Waals surface area contributed by atoms with E-state index >= 15 is 0 Å². The van der Waals surface area contributed by atoms with E-state index in [0.29, 0.717) is 10.9 Å². The summed E-state index contributed by atoms with van der Waals surface area (Å²) in [4.78, 5) is 18.9. The summed E-state index contributed by atoms with van der Waals surface area (Å²) in [6.07, 6.45) is 0. The van der Waals surface area contributed by atoms with E-state index in [2.05, 4.69) is 10.0 Å². The van der Waals surface area contributed by atoms with Crippen LogP contribution in [-0.2, 0) is 10.0 Å². The minimum Gasteiger partial charge on any atom is -0.497 e. The highest BCUT2D eigenvalue weighted by molar-refractivity contribution is 7.92. The van der Waals surface area contributed by atoms with Gasteiger partial charge in [-0.1, -0.05) is 78.1 Å². The molecule has 0 saturated heterocycles. The Morgan fingerprint density at radius 2 is 1.47 bits per heavy atom. The predicted octanol–water partition coefficient (Wildman–Crippen LogP) is 6.54. The van der Waals surface area contributed by atoms with Crippen LogP contribution in [0.2, 0.25) is 0 Å². The van der Waals surface area contributed by atoms with Crippen LogP contribution in [0.25, 0.3) is 21.7 Å². The van der Waals surface area contributed by atoms with Crippen molar-refractivity contribution >= 4 is 38.1 Å². The summed E-state index contributed by atoms with van der Waals surface area (Å²) in [5.74, 6) is 0.152. The van der Waals surface area contributed by atoms with E-state index in [0.717, 1.165) is 21.7 Å². The van der Waals surface area contributed by atoms with E-state index in [-0.39, 0.29) is 16.1 Å². The molecule has 0 aliphatic carbocycles. The fourth-order valence-electron chi connectivity index (χ4n) is 3.81. The highest BCUT2D eigenvalue weighted by Gasteiger charge is 2.18. The van der Waals surface area contributed by atoms with Gasteiger partial charge in [-0.2, -0.15) is 0 Å². The fourth-order valence-corrected chi connectivity index (χ4v) is 5.85. The molecule has 1 aromatic heterocycles. The number of amides is 1. The molecule has 7 nitrogen and oxygen atoms in total. The molecule has 1 amide bonds. The molecule has 5 aromatic rings. The number of methoxy groups -OCH3 is 1. The van der Waals surface area contributed by atoms with E-state index in [9.17, 15) is 13.2 Å². The topological polar surface area (TPSA) is 97.4 Å². The highest BCUT2D eigenvalue weighted by atomic mass is 32.2. The van der Waals surface area contributed by atoms with Gasteiger partial charge < -0.3 is 4.74 Å². The van der Waals surface area contributed by atoms with Gasteiger partial charge in [0.25, 0.3) is 15.9 Å². The average Bonchev–Trinajstić information content (AvgIpc) is 3.37. The molecule has 190 valence electrons. The van der Waals surface area contributed by atoms with Crippen molar-refractivity contribution in [2.45, 2.75) is 4.90 Å². The number of anilines is 2. The normalized spacial score (nSPS) is 11.1. The van der Waals surface area contributed by atoms with Gasteiger partial charge in [0, 0.05) is 16.8 Å². The summed E-state index contributed by atoms with van der Waals surface area (Å²) in [5, 5.41) is 3.31. The molecule has 0 unspecified atom stereocenters. The van der Waals surface area contributed by atoms with Crippen LogP contribution in [0.3, 0.4) is 0 Å². The van der Waals surface area contributed by atoms with Crippen LogP contribution < -0.4 is 14.8 Å². The second-order valence-corrected chi connectivity index (χ2v) is 10.9. The quantitative estimate of drug-likeness (QED) is 0.233. The molecule has 0 saturated carbocycles. The Bertz CT molecular complexity index is 1610. The minimum absolute atomic E-state index is 0.0813. The van der Waals surface area contributed by atoms with Gasteiger partial charge in [0.05, 0.1) is 22.6 Å². The first kappa shape index (κ1) is 25.2. The zero-order chi connectivity index (χ0) is 26.5. The van der Waals surface area contributed by atoms with Gasteiger partial charge >= 0.3 is 0 Å². The lowest BCUT2D eigenvalue weighted by molar-refractivity contribution is 0.102. The number of hydrogen-bond acceptors (Lipinski definition) is 6. The molecular formula is C29H23N3O4S2.